The van der Waals surface area contributed by atoms with Crippen molar-refractivity contribution in [1.29, 1.82) is 0 Å². The van der Waals surface area contributed by atoms with E-state index in [1.165, 1.54) is 6.07 Å². The molecule has 7 heteroatoms. The predicted molar refractivity (Wildman–Crippen MR) is 57.3 cm³/mol. The van der Waals surface area contributed by atoms with Crippen molar-refractivity contribution in [2.24, 2.45) is 0 Å². The summed E-state index contributed by atoms with van der Waals surface area (Å²) in [4.78, 5) is 13.2. The summed E-state index contributed by atoms with van der Waals surface area (Å²) < 4.78 is 30.8. The molecule has 0 unspecified atom stereocenters. The molecule has 0 saturated heterocycles. The van der Waals surface area contributed by atoms with E-state index in [9.17, 15) is 18.9 Å². The molecule has 0 aliphatic rings. The molecule has 1 aromatic heterocycles. The summed E-state index contributed by atoms with van der Waals surface area (Å²) in [6.07, 6.45) is 1.15. The second kappa shape index (κ2) is 4.74. The van der Waals surface area contributed by atoms with Gasteiger partial charge in [-0.15, -0.1) is 0 Å². The number of nitro groups is 1. The van der Waals surface area contributed by atoms with Gasteiger partial charge in [0.2, 0.25) is 11.7 Å². The van der Waals surface area contributed by atoms with E-state index in [1.54, 1.807) is 0 Å². The first-order valence-electron chi connectivity index (χ1n) is 4.79. The Labute approximate surface area is 99.8 Å². The average molecular weight is 252 g/mol. The highest BCUT2D eigenvalue weighted by atomic mass is 19.1. The molecule has 0 radical (unpaired) electrons. The monoisotopic (exact) mass is 252 g/mol. The predicted octanol–water partition coefficient (Wildman–Crippen LogP) is 3.06. The molecule has 92 valence electrons. The van der Waals surface area contributed by atoms with Crippen LogP contribution in [-0.4, -0.2) is 9.91 Å². The van der Waals surface area contributed by atoms with Crippen LogP contribution in [0.3, 0.4) is 0 Å². The minimum Gasteiger partial charge on any atom is -0.450 e. The van der Waals surface area contributed by atoms with Crippen LogP contribution in [0.2, 0.25) is 0 Å². The standard InChI is InChI=1S/C11H6F2N2O3/c12-7-1-2-10(9(5-7)15(16)17)18-8-3-4-14-11(13)6-8/h1-6H. The lowest BCUT2D eigenvalue weighted by Crippen LogP contribution is -1.95. The van der Waals surface area contributed by atoms with E-state index in [0.29, 0.717) is 0 Å². The Morgan fingerprint density at radius 1 is 1.22 bits per heavy atom. The molecule has 0 aliphatic heterocycles. The molecule has 1 aromatic carbocycles. The van der Waals surface area contributed by atoms with Crippen molar-refractivity contribution in [3.63, 3.8) is 0 Å². The third kappa shape index (κ3) is 2.57. The number of nitrogens with zero attached hydrogens (tertiary/aromatic N) is 2. The van der Waals surface area contributed by atoms with Crippen LogP contribution in [0.4, 0.5) is 14.5 Å². The second-order valence-electron chi connectivity index (χ2n) is 3.29. The Kier molecular flexibility index (Phi) is 3.13. The van der Waals surface area contributed by atoms with Crippen molar-refractivity contribution >= 4 is 5.69 Å². The zero-order valence-corrected chi connectivity index (χ0v) is 8.84. The molecule has 0 N–H and O–H groups in total. The third-order valence-corrected chi connectivity index (χ3v) is 2.04. The van der Waals surface area contributed by atoms with Crippen LogP contribution in [0.5, 0.6) is 11.5 Å². The normalized spacial score (nSPS) is 10.1. The van der Waals surface area contributed by atoms with E-state index in [0.717, 1.165) is 30.5 Å². The summed E-state index contributed by atoms with van der Waals surface area (Å²) in [5.41, 5.74) is -0.535. The van der Waals surface area contributed by atoms with Crippen molar-refractivity contribution in [2.75, 3.05) is 0 Å². The van der Waals surface area contributed by atoms with E-state index in [4.69, 9.17) is 4.74 Å². The summed E-state index contributed by atoms with van der Waals surface area (Å²) in [7, 11) is 0. The van der Waals surface area contributed by atoms with Gasteiger partial charge in [-0.3, -0.25) is 10.1 Å². The van der Waals surface area contributed by atoms with Gasteiger partial charge in [-0.2, -0.15) is 4.39 Å². The second-order valence-corrected chi connectivity index (χ2v) is 3.29. The maximum Gasteiger partial charge on any atom is 0.314 e. The maximum absolute atomic E-state index is 12.9. The number of rotatable bonds is 3. The number of ether oxygens (including phenoxy) is 1. The van der Waals surface area contributed by atoms with Gasteiger partial charge in [-0.1, -0.05) is 0 Å². The molecule has 2 rings (SSSR count). The number of halogens is 2. The largest absolute Gasteiger partial charge is 0.450 e. The first-order valence-corrected chi connectivity index (χ1v) is 4.79. The Morgan fingerprint density at radius 3 is 2.67 bits per heavy atom. The Hall–Kier alpha value is -2.57. The third-order valence-electron chi connectivity index (χ3n) is 2.04. The van der Waals surface area contributed by atoms with Crippen LogP contribution in [0.1, 0.15) is 0 Å². The number of hydrogen-bond donors (Lipinski definition) is 0. The lowest BCUT2D eigenvalue weighted by Gasteiger charge is -2.05. The number of pyridine rings is 1. The fourth-order valence-electron chi connectivity index (χ4n) is 1.29. The molecule has 0 saturated carbocycles. The first-order chi connectivity index (χ1) is 8.56. The number of benzene rings is 1. The Balaban J connectivity index is 2.37. The van der Waals surface area contributed by atoms with Crippen LogP contribution >= 0.6 is 0 Å². The molecule has 5 nitrogen and oxygen atoms in total. The minimum atomic E-state index is -0.782. The molecule has 0 fully saturated rings. The van der Waals surface area contributed by atoms with Crippen LogP contribution in [0.15, 0.2) is 36.5 Å². The summed E-state index contributed by atoms with van der Waals surface area (Å²) in [6.45, 7) is 0. The maximum atomic E-state index is 12.9. The lowest BCUT2D eigenvalue weighted by molar-refractivity contribution is -0.385. The van der Waals surface area contributed by atoms with Gasteiger partial charge < -0.3 is 4.74 Å². The van der Waals surface area contributed by atoms with E-state index in [1.807, 2.05) is 0 Å². The molecule has 1 heterocycles. The number of aromatic nitrogens is 1. The molecule has 18 heavy (non-hydrogen) atoms. The van der Waals surface area contributed by atoms with Gasteiger partial charge in [0.05, 0.1) is 11.0 Å². The van der Waals surface area contributed by atoms with Gasteiger partial charge in [-0.05, 0) is 18.2 Å². The molecular weight excluding hydrogens is 246 g/mol. The lowest BCUT2D eigenvalue weighted by atomic mass is 10.3. The van der Waals surface area contributed by atoms with Crippen LogP contribution < -0.4 is 4.74 Å². The molecule has 0 amide bonds. The van der Waals surface area contributed by atoms with Crippen molar-refractivity contribution in [2.45, 2.75) is 0 Å². The van der Waals surface area contributed by atoms with E-state index in [2.05, 4.69) is 4.98 Å². The van der Waals surface area contributed by atoms with Gasteiger partial charge in [-0.25, -0.2) is 9.37 Å². The van der Waals surface area contributed by atoms with E-state index in [-0.39, 0.29) is 11.5 Å². The van der Waals surface area contributed by atoms with E-state index >= 15 is 0 Å². The fourth-order valence-corrected chi connectivity index (χ4v) is 1.29. The smallest absolute Gasteiger partial charge is 0.314 e. The van der Waals surface area contributed by atoms with Gasteiger partial charge >= 0.3 is 5.69 Å². The van der Waals surface area contributed by atoms with Gasteiger partial charge in [0, 0.05) is 12.3 Å². The summed E-state index contributed by atoms with van der Waals surface area (Å²) in [6, 6.07) is 5.14. The molecule has 0 bridgehead atoms. The molecular formula is C11H6F2N2O3. The highest BCUT2D eigenvalue weighted by Gasteiger charge is 2.17. The summed E-state index contributed by atoms with van der Waals surface area (Å²) in [5, 5.41) is 10.7. The number of nitro benzene ring substituents is 1. The molecule has 0 aliphatic carbocycles. The highest BCUT2D eigenvalue weighted by molar-refractivity contribution is 5.48. The van der Waals surface area contributed by atoms with Crippen molar-refractivity contribution in [1.82, 2.24) is 4.98 Å². The van der Waals surface area contributed by atoms with Gasteiger partial charge in [0.25, 0.3) is 0 Å². The molecule has 2 aromatic rings. The van der Waals surface area contributed by atoms with Crippen molar-refractivity contribution < 1.29 is 18.4 Å². The van der Waals surface area contributed by atoms with Crippen LogP contribution in [0.25, 0.3) is 0 Å². The first kappa shape index (κ1) is 11.9. The zero-order chi connectivity index (χ0) is 13.1. The van der Waals surface area contributed by atoms with Crippen LogP contribution in [0, 0.1) is 21.9 Å². The summed E-state index contributed by atoms with van der Waals surface area (Å²) in [5.74, 6) is -1.67. The zero-order valence-electron chi connectivity index (χ0n) is 8.84. The Bertz CT molecular complexity index is 605. The topological polar surface area (TPSA) is 65.3 Å². The van der Waals surface area contributed by atoms with Crippen molar-refractivity contribution in [3.8, 4) is 11.5 Å². The number of hydrogen-bond acceptors (Lipinski definition) is 4. The highest BCUT2D eigenvalue weighted by Crippen LogP contribution is 2.31. The molecule has 0 atom stereocenters. The quantitative estimate of drug-likeness (QED) is 0.478. The van der Waals surface area contributed by atoms with E-state index < -0.39 is 22.4 Å². The minimum absolute atomic E-state index is 0.0391. The Morgan fingerprint density at radius 2 is 2.00 bits per heavy atom. The average Bonchev–Trinajstić information content (AvgIpc) is 2.31. The summed E-state index contributed by atoms with van der Waals surface area (Å²) >= 11 is 0. The van der Waals surface area contributed by atoms with Crippen LogP contribution in [-0.2, 0) is 0 Å². The molecule has 0 spiro atoms. The van der Waals surface area contributed by atoms with Gasteiger partial charge in [0.1, 0.15) is 11.6 Å². The fraction of sp³-hybridized carbons (Fsp3) is 0. The van der Waals surface area contributed by atoms with Crippen molar-refractivity contribution in [3.05, 3.63) is 58.4 Å². The SMILES string of the molecule is O=[N+]([O-])c1cc(F)ccc1Oc1ccnc(F)c1. The van der Waals surface area contributed by atoms with Gasteiger partial charge in [0.15, 0.2) is 0 Å².